The minimum atomic E-state index is -3.77. The molecule has 0 aliphatic heterocycles. The topological polar surface area (TPSA) is 88.2 Å². The molecule has 0 bridgehead atoms. The molecule has 0 unspecified atom stereocenters. The Hall–Kier alpha value is -2.61. The Labute approximate surface area is 166 Å². The maximum atomic E-state index is 12.4. The van der Waals surface area contributed by atoms with Crippen molar-refractivity contribution in [1.29, 1.82) is 0 Å². The summed E-state index contributed by atoms with van der Waals surface area (Å²) >= 11 is 11.8. The summed E-state index contributed by atoms with van der Waals surface area (Å²) in [4.78, 5) is 16.2. The average Bonchev–Trinajstić information content (AvgIpc) is 2.65. The Balaban J connectivity index is 1.74. The number of carbonyl (C=O) groups is 1. The van der Waals surface area contributed by atoms with E-state index in [4.69, 9.17) is 23.2 Å². The van der Waals surface area contributed by atoms with E-state index < -0.39 is 15.9 Å². The summed E-state index contributed by atoms with van der Waals surface area (Å²) in [5, 5.41) is 3.37. The van der Waals surface area contributed by atoms with Crippen molar-refractivity contribution in [2.75, 3.05) is 10.0 Å². The Morgan fingerprint density at radius 3 is 2.15 bits per heavy atom. The summed E-state index contributed by atoms with van der Waals surface area (Å²) in [6, 6.07) is 13.3. The number of aromatic nitrogens is 1. The van der Waals surface area contributed by atoms with Crippen LogP contribution >= 0.6 is 23.2 Å². The molecule has 0 fully saturated rings. The number of sulfonamides is 1. The molecule has 0 spiro atoms. The summed E-state index contributed by atoms with van der Waals surface area (Å²) in [7, 11) is -3.77. The van der Waals surface area contributed by atoms with Crippen LogP contribution < -0.4 is 10.0 Å². The van der Waals surface area contributed by atoms with Crippen molar-refractivity contribution < 1.29 is 13.2 Å². The van der Waals surface area contributed by atoms with E-state index in [1.165, 1.54) is 54.9 Å². The fraction of sp³-hybridized carbons (Fsp3) is 0. The van der Waals surface area contributed by atoms with E-state index >= 15 is 0 Å². The number of halogens is 2. The van der Waals surface area contributed by atoms with Crippen LogP contribution in [0.3, 0.4) is 0 Å². The summed E-state index contributed by atoms with van der Waals surface area (Å²) in [5.41, 5.74) is 1.17. The van der Waals surface area contributed by atoms with Gasteiger partial charge in [-0.3, -0.25) is 14.5 Å². The van der Waals surface area contributed by atoms with Crippen LogP contribution in [-0.2, 0) is 10.0 Å². The number of anilines is 2. The zero-order chi connectivity index (χ0) is 19.4. The Morgan fingerprint density at radius 1 is 0.852 bits per heavy atom. The SMILES string of the molecule is O=C(Nc1ccc(Cl)c(Cl)c1)c1ccc(S(=O)(=O)Nc2ccncc2)cc1. The van der Waals surface area contributed by atoms with Crippen molar-refractivity contribution in [3.8, 4) is 0 Å². The van der Waals surface area contributed by atoms with E-state index in [-0.39, 0.29) is 4.90 Å². The molecule has 1 aromatic heterocycles. The van der Waals surface area contributed by atoms with Crippen LogP contribution in [0.5, 0.6) is 0 Å². The first-order valence-corrected chi connectivity index (χ1v) is 9.88. The lowest BCUT2D eigenvalue weighted by Crippen LogP contribution is -2.14. The smallest absolute Gasteiger partial charge is 0.261 e. The molecule has 0 saturated heterocycles. The number of nitrogens with zero attached hydrogens (tertiary/aromatic N) is 1. The fourth-order valence-electron chi connectivity index (χ4n) is 2.20. The molecule has 6 nitrogen and oxygen atoms in total. The van der Waals surface area contributed by atoms with E-state index in [9.17, 15) is 13.2 Å². The molecule has 0 atom stereocenters. The van der Waals surface area contributed by atoms with Gasteiger partial charge in [0.1, 0.15) is 0 Å². The van der Waals surface area contributed by atoms with E-state index in [1.54, 1.807) is 12.1 Å². The molecule has 0 radical (unpaired) electrons. The third-order valence-corrected chi connectivity index (χ3v) is 5.67. The predicted molar refractivity (Wildman–Crippen MR) is 106 cm³/mol. The number of pyridine rings is 1. The molecule has 0 saturated carbocycles. The molecule has 138 valence electrons. The molecular weight excluding hydrogens is 409 g/mol. The van der Waals surface area contributed by atoms with Gasteiger partial charge in [-0.05, 0) is 54.6 Å². The number of amides is 1. The summed E-state index contributed by atoms with van der Waals surface area (Å²) in [6.07, 6.45) is 2.96. The van der Waals surface area contributed by atoms with Gasteiger partial charge >= 0.3 is 0 Å². The molecule has 3 aromatic rings. The van der Waals surface area contributed by atoms with Gasteiger partial charge in [0.2, 0.25) is 0 Å². The van der Waals surface area contributed by atoms with Crippen LogP contribution in [0, 0.1) is 0 Å². The van der Waals surface area contributed by atoms with Gasteiger partial charge in [0.25, 0.3) is 15.9 Å². The number of nitrogens with one attached hydrogen (secondary N) is 2. The van der Waals surface area contributed by atoms with Crippen molar-refractivity contribution in [2.45, 2.75) is 4.90 Å². The first kappa shape index (κ1) is 19.2. The van der Waals surface area contributed by atoms with Gasteiger partial charge in [-0.15, -0.1) is 0 Å². The van der Waals surface area contributed by atoms with Crippen molar-refractivity contribution >= 4 is 50.5 Å². The Kier molecular flexibility index (Phi) is 5.65. The second-order valence-corrected chi connectivity index (χ2v) is 7.95. The van der Waals surface area contributed by atoms with Crippen molar-refractivity contribution in [3.63, 3.8) is 0 Å². The number of rotatable bonds is 5. The Morgan fingerprint density at radius 2 is 1.52 bits per heavy atom. The molecule has 1 heterocycles. The minimum absolute atomic E-state index is 0.0328. The normalized spacial score (nSPS) is 11.0. The van der Waals surface area contributed by atoms with Crippen LogP contribution in [0.1, 0.15) is 10.4 Å². The summed E-state index contributed by atoms with van der Waals surface area (Å²) in [5.74, 6) is -0.403. The second-order valence-electron chi connectivity index (χ2n) is 5.45. The van der Waals surface area contributed by atoms with Crippen molar-refractivity contribution in [2.24, 2.45) is 0 Å². The van der Waals surface area contributed by atoms with Crippen molar-refractivity contribution in [3.05, 3.63) is 82.6 Å². The number of hydrogen-bond acceptors (Lipinski definition) is 4. The summed E-state index contributed by atoms with van der Waals surface area (Å²) < 4.78 is 27.2. The van der Waals surface area contributed by atoms with Gasteiger partial charge in [-0.2, -0.15) is 0 Å². The molecular formula is C18H13Cl2N3O3S. The maximum Gasteiger partial charge on any atom is 0.261 e. The summed E-state index contributed by atoms with van der Waals surface area (Å²) in [6.45, 7) is 0. The largest absolute Gasteiger partial charge is 0.322 e. The zero-order valence-corrected chi connectivity index (χ0v) is 16.0. The number of benzene rings is 2. The van der Waals surface area contributed by atoms with Gasteiger partial charge in [-0.25, -0.2) is 8.42 Å². The highest BCUT2D eigenvalue weighted by Gasteiger charge is 2.15. The minimum Gasteiger partial charge on any atom is -0.322 e. The van der Waals surface area contributed by atoms with Gasteiger partial charge < -0.3 is 5.32 Å². The highest BCUT2D eigenvalue weighted by Crippen LogP contribution is 2.25. The molecule has 9 heteroatoms. The molecule has 2 N–H and O–H groups in total. The van der Waals surface area contributed by atoms with Crippen LogP contribution in [0.25, 0.3) is 0 Å². The third-order valence-electron chi connectivity index (χ3n) is 3.54. The lowest BCUT2D eigenvalue weighted by atomic mass is 10.2. The predicted octanol–water partition coefficient (Wildman–Crippen LogP) is 4.44. The quantitative estimate of drug-likeness (QED) is 0.636. The van der Waals surface area contributed by atoms with Crippen LogP contribution in [0.4, 0.5) is 11.4 Å². The monoisotopic (exact) mass is 421 g/mol. The Bertz CT molecular complexity index is 1070. The van der Waals surface area contributed by atoms with Gasteiger partial charge in [0.15, 0.2) is 0 Å². The molecule has 27 heavy (non-hydrogen) atoms. The maximum absolute atomic E-state index is 12.4. The molecule has 2 aromatic carbocycles. The number of carbonyl (C=O) groups excluding carboxylic acids is 1. The van der Waals surface area contributed by atoms with Crippen LogP contribution in [-0.4, -0.2) is 19.3 Å². The first-order chi connectivity index (χ1) is 12.8. The lowest BCUT2D eigenvalue weighted by Gasteiger charge is -2.09. The lowest BCUT2D eigenvalue weighted by molar-refractivity contribution is 0.102. The molecule has 0 aliphatic carbocycles. The highest BCUT2D eigenvalue weighted by atomic mass is 35.5. The average molecular weight is 422 g/mol. The fourth-order valence-corrected chi connectivity index (χ4v) is 3.55. The van der Waals surface area contributed by atoms with E-state index in [2.05, 4.69) is 15.0 Å². The molecule has 1 amide bonds. The number of hydrogen-bond donors (Lipinski definition) is 2. The van der Waals surface area contributed by atoms with Gasteiger partial charge in [-0.1, -0.05) is 23.2 Å². The van der Waals surface area contributed by atoms with Crippen LogP contribution in [0.15, 0.2) is 71.9 Å². The van der Waals surface area contributed by atoms with Crippen LogP contribution in [0.2, 0.25) is 10.0 Å². The molecule has 3 rings (SSSR count). The van der Waals surface area contributed by atoms with E-state index in [0.29, 0.717) is 27.0 Å². The second kappa shape index (κ2) is 7.96. The standard InChI is InChI=1S/C18H13Cl2N3O3S/c19-16-6-3-14(11-17(16)20)22-18(24)12-1-4-15(5-2-12)27(25,26)23-13-7-9-21-10-8-13/h1-11H,(H,21,23)(H,22,24). The van der Waals surface area contributed by atoms with Crippen molar-refractivity contribution in [1.82, 2.24) is 4.98 Å². The van der Waals surface area contributed by atoms with E-state index in [1.807, 2.05) is 0 Å². The third kappa shape index (κ3) is 4.77. The van der Waals surface area contributed by atoms with Gasteiger partial charge in [0, 0.05) is 23.6 Å². The molecule has 0 aliphatic rings. The van der Waals surface area contributed by atoms with E-state index in [0.717, 1.165) is 0 Å². The highest BCUT2D eigenvalue weighted by molar-refractivity contribution is 7.92. The zero-order valence-electron chi connectivity index (χ0n) is 13.7. The first-order valence-electron chi connectivity index (χ1n) is 7.64. The van der Waals surface area contributed by atoms with Gasteiger partial charge in [0.05, 0.1) is 20.6 Å².